The molecule has 0 saturated heterocycles. The van der Waals surface area contributed by atoms with Crippen molar-refractivity contribution in [1.82, 2.24) is 10.2 Å². The summed E-state index contributed by atoms with van der Waals surface area (Å²) in [5.41, 5.74) is 5.65. The molecule has 7 heteroatoms. The standard InChI is InChI=1S/C29H41FN4S2/c1-7-10-24(19(4)5)31-25(11-8-2)21-12-13-22(16-21)27-17-28(34-33-27)32-26-15-14-20(9-3)23(29(26)30)18-36(6)35/h7,10-11,14-15,17,19,21-22H,8-9,12-13,16,18H2,1-6H3,(H2,32,33,34)/b10-7-,25-11+,31-24-. The van der Waals surface area contributed by atoms with Crippen LogP contribution in [0.2, 0.25) is 0 Å². The molecule has 0 radical (unpaired) electrons. The molecule has 4 nitrogen and oxygen atoms in total. The van der Waals surface area contributed by atoms with Gasteiger partial charge in [-0.1, -0.05) is 57.1 Å². The number of aromatic amines is 1. The first-order valence-electron chi connectivity index (χ1n) is 13.1. The number of aryl methyl sites for hydroxylation is 1. The number of benzene rings is 1. The SMILES string of the molecule is C\C=C/C(=N/C(=C/CC)C1CCC(c2cc(Nc3ccc(CC)c(CS(C)=S)c3F)n[nH]2)C1)C(C)C. The zero-order valence-electron chi connectivity index (χ0n) is 22.5. The van der Waals surface area contributed by atoms with Crippen molar-refractivity contribution in [3.63, 3.8) is 0 Å². The molecule has 0 aliphatic heterocycles. The van der Waals surface area contributed by atoms with E-state index in [9.17, 15) is 0 Å². The van der Waals surface area contributed by atoms with Crippen LogP contribution in [0.5, 0.6) is 0 Å². The second-order valence-electron chi connectivity index (χ2n) is 9.90. The highest BCUT2D eigenvalue weighted by Gasteiger charge is 2.30. The summed E-state index contributed by atoms with van der Waals surface area (Å²) < 4.78 is 15.3. The van der Waals surface area contributed by atoms with Crippen LogP contribution in [0.15, 0.2) is 47.1 Å². The minimum Gasteiger partial charge on any atom is -0.336 e. The summed E-state index contributed by atoms with van der Waals surface area (Å²) in [6, 6.07) is 5.84. The third kappa shape index (κ3) is 7.22. The van der Waals surface area contributed by atoms with Crippen LogP contribution >= 0.6 is 0 Å². The lowest BCUT2D eigenvalue weighted by molar-refractivity contribution is 0.608. The molecule has 196 valence electrons. The van der Waals surface area contributed by atoms with Crippen LogP contribution in [-0.2, 0) is 32.8 Å². The molecule has 1 aliphatic carbocycles. The molecule has 0 amide bonds. The predicted octanol–water partition coefficient (Wildman–Crippen LogP) is 7.92. The lowest BCUT2D eigenvalue weighted by atomic mass is 9.98. The van der Waals surface area contributed by atoms with E-state index < -0.39 is 0 Å². The number of aliphatic imine (C=N–C) groups is 1. The number of H-pyrrole nitrogens is 1. The quantitative estimate of drug-likeness (QED) is 0.291. The van der Waals surface area contributed by atoms with Crippen LogP contribution < -0.4 is 5.32 Å². The molecule has 2 aromatic rings. The molecule has 1 aromatic heterocycles. The van der Waals surface area contributed by atoms with Crippen molar-refractivity contribution in [1.29, 1.82) is 0 Å². The number of nitrogens with one attached hydrogen (secondary N) is 2. The number of halogens is 1. The van der Waals surface area contributed by atoms with Crippen molar-refractivity contribution in [2.24, 2.45) is 16.8 Å². The number of hydrogen-bond donors (Lipinski definition) is 2. The Hall–Kier alpha value is -2.12. The van der Waals surface area contributed by atoms with Gasteiger partial charge in [-0.15, -0.1) is 9.45 Å². The third-order valence-electron chi connectivity index (χ3n) is 6.82. The zero-order chi connectivity index (χ0) is 26.2. The van der Waals surface area contributed by atoms with Crippen LogP contribution in [0.4, 0.5) is 15.9 Å². The van der Waals surface area contributed by atoms with Crippen molar-refractivity contribution >= 4 is 37.9 Å². The summed E-state index contributed by atoms with van der Waals surface area (Å²) in [5, 5.41) is 10.9. The van der Waals surface area contributed by atoms with E-state index in [1.165, 1.54) is 5.70 Å². The molecular formula is C29H41FN4S2. The molecule has 1 saturated carbocycles. The minimum absolute atomic E-state index is 0.210. The van der Waals surface area contributed by atoms with Gasteiger partial charge >= 0.3 is 0 Å². The molecule has 0 bridgehead atoms. The van der Waals surface area contributed by atoms with E-state index in [0.717, 1.165) is 54.6 Å². The normalized spacial score (nSPS) is 20.0. The Morgan fingerprint density at radius 2 is 2.11 bits per heavy atom. The lowest BCUT2D eigenvalue weighted by Crippen LogP contribution is -2.07. The summed E-state index contributed by atoms with van der Waals surface area (Å²) in [5.74, 6) is 2.24. The second kappa shape index (κ2) is 13.4. The monoisotopic (exact) mass is 528 g/mol. The van der Waals surface area contributed by atoms with Crippen LogP contribution in [0.1, 0.15) is 83.0 Å². The Kier molecular flexibility index (Phi) is 10.6. The highest BCUT2D eigenvalue weighted by molar-refractivity contribution is 8.28. The van der Waals surface area contributed by atoms with E-state index in [0.29, 0.717) is 35.0 Å². The van der Waals surface area contributed by atoms with Crippen molar-refractivity contribution in [3.05, 3.63) is 64.8 Å². The van der Waals surface area contributed by atoms with E-state index in [2.05, 4.69) is 54.5 Å². The van der Waals surface area contributed by atoms with Gasteiger partial charge in [0.15, 0.2) is 11.6 Å². The Labute approximate surface area is 223 Å². The van der Waals surface area contributed by atoms with Crippen LogP contribution in [0, 0.1) is 17.7 Å². The topological polar surface area (TPSA) is 53.1 Å². The van der Waals surface area contributed by atoms with Gasteiger partial charge in [0.25, 0.3) is 0 Å². The van der Waals surface area contributed by atoms with E-state index in [1.54, 1.807) is 0 Å². The summed E-state index contributed by atoms with van der Waals surface area (Å²) in [7, 11) is -0.282. The Bertz CT molecular complexity index is 1150. The van der Waals surface area contributed by atoms with Crippen molar-refractivity contribution < 1.29 is 4.39 Å². The van der Waals surface area contributed by atoms with E-state index in [1.807, 2.05) is 38.3 Å². The average molecular weight is 529 g/mol. The highest BCUT2D eigenvalue weighted by atomic mass is 32.8. The smallest absolute Gasteiger partial charge is 0.152 e. The molecule has 1 aromatic carbocycles. The van der Waals surface area contributed by atoms with E-state index in [-0.39, 0.29) is 15.3 Å². The van der Waals surface area contributed by atoms with Gasteiger partial charge in [-0.05, 0) is 68.9 Å². The Morgan fingerprint density at radius 3 is 2.75 bits per heavy atom. The van der Waals surface area contributed by atoms with Gasteiger partial charge in [0.1, 0.15) is 0 Å². The van der Waals surface area contributed by atoms with Gasteiger partial charge < -0.3 is 5.32 Å². The summed E-state index contributed by atoms with van der Waals surface area (Å²) in [6.07, 6.45) is 13.5. The number of rotatable bonds is 11. The number of hydrogen-bond acceptors (Lipinski definition) is 4. The van der Waals surface area contributed by atoms with Crippen molar-refractivity contribution in [2.75, 3.05) is 11.6 Å². The van der Waals surface area contributed by atoms with Crippen molar-refractivity contribution in [2.45, 2.75) is 78.4 Å². The fourth-order valence-corrected chi connectivity index (χ4v) is 5.99. The number of allylic oxidation sites excluding steroid dienone is 4. The largest absolute Gasteiger partial charge is 0.336 e. The summed E-state index contributed by atoms with van der Waals surface area (Å²) >= 11 is 5.37. The molecular weight excluding hydrogens is 487 g/mol. The van der Waals surface area contributed by atoms with Crippen LogP contribution in [-0.4, -0.2) is 22.2 Å². The van der Waals surface area contributed by atoms with Crippen LogP contribution in [0.25, 0.3) is 0 Å². The Balaban J connectivity index is 1.75. The molecule has 3 rings (SSSR count). The Morgan fingerprint density at radius 1 is 1.33 bits per heavy atom. The molecule has 0 spiro atoms. The molecule has 2 N–H and O–H groups in total. The molecule has 3 unspecified atom stereocenters. The highest BCUT2D eigenvalue weighted by Crippen LogP contribution is 2.42. The third-order valence-corrected chi connectivity index (χ3v) is 7.87. The van der Waals surface area contributed by atoms with Gasteiger partial charge in [0.2, 0.25) is 0 Å². The molecule has 1 aliphatic rings. The lowest BCUT2D eigenvalue weighted by Gasteiger charge is -2.14. The molecule has 3 atom stereocenters. The molecule has 1 fully saturated rings. The maximum Gasteiger partial charge on any atom is 0.152 e. The number of anilines is 2. The molecule has 36 heavy (non-hydrogen) atoms. The van der Waals surface area contributed by atoms with Gasteiger partial charge in [-0.2, -0.15) is 5.10 Å². The zero-order valence-corrected chi connectivity index (χ0v) is 24.2. The first-order valence-corrected chi connectivity index (χ1v) is 15.8. The predicted molar refractivity (Wildman–Crippen MR) is 158 cm³/mol. The van der Waals surface area contributed by atoms with E-state index >= 15 is 4.39 Å². The van der Waals surface area contributed by atoms with Gasteiger partial charge in [-0.3, -0.25) is 10.1 Å². The molecule has 1 heterocycles. The van der Waals surface area contributed by atoms with E-state index in [4.69, 9.17) is 16.2 Å². The minimum atomic E-state index is -0.282. The average Bonchev–Trinajstić information content (AvgIpc) is 3.50. The van der Waals surface area contributed by atoms with Crippen molar-refractivity contribution in [3.8, 4) is 0 Å². The fraction of sp³-hybridized carbons (Fsp3) is 0.517. The first kappa shape index (κ1) is 28.5. The van der Waals surface area contributed by atoms with Gasteiger partial charge in [0, 0.05) is 46.3 Å². The maximum absolute atomic E-state index is 15.3. The second-order valence-corrected chi connectivity index (χ2v) is 13.0. The number of aromatic nitrogens is 2. The fourth-order valence-electron chi connectivity index (χ4n) is 4.92. The maximum atomic E-state index is 15.3. The van der Waals surface area contributed by atoms with Crippen LogP contribution in [0.3, 0.4) is 0 Å². The first-order chi connectivity index (χ1) is 17.3. The summed E-state index contributed by atoms with van der Waals surface area (Å²) in [6.45, 7) is 10.7. The van der Waals surface area contributed by atoms with Gasteiger partial charge in [0.05, 0.1) is 5.69 Å². The van der Waals surface area contributed by atoms with Gasteiger partial charge in [-0.25, -0.2) is 4.39 Å². The number of nitrogens with zero attached hydrogens (tertiary/aromatic N) is 2. The summed E-state index contributed by atoms with van der Waals surface area (Å²) in [4.78, 5) is 5.08.